The van der Waals surface area contributed by atoms with Gasteiger partial charge in [0.1, 0.15) is 0 Å². The van der Waals surface area contributed by atoms with Crippen LogP contribution in [0.2, 0.25) is 0 Å². The van der Waals surface area contributed by atoms with Gasteiger partial charge in [-0.2, -0.15) is 0 Å². The van der Waals surface area contributed by atoms with Gasteiger partial charge in [0.2, 0.25) is 0 Å². The van der Waals surface area contributed by atoms with Crippen LogP contribution in [-0.4, -0.2) is 17.7 Å². The van der Waals surface area contributed by atoms with Crippen LogP contribution in [0.4, 0.5) is 0 Å². The lowest BCUT2D eigenvalue weighted by molar-refractivity contribution is -0.141. The van der Waals surface area contributed by atoms with E-state index in [-0.39, 0.29) is 6.61 Å². The van der Waals surface area contributed by atoms with Crippen molar-refractivity contribution in [3.05, 3.63) is 24.5 Å². The van der Waals surface area contributed by atoms with Crippen molar-refractivity contribution in [2.24, 2.45) is 0 Å². The lowest BCUT2D eigenvalue weighted by Crippen LogP contribution is -2.06. The molecule has 0 amide bonds. The van der Waals surface area contributed by atoms with Crippen LogP contribution in [0.25, 0.3) is 0 Å². The van der Waals surface area contributed by atoms with Crippen molar-refractivity contribution < 1.29 is 14.6 Å². The Morgan fingerprint density at radius 2 is 2.25 bits per heavy atom. The van der Waals surface area contributed by atoms with E-state index in [0.29, 0.717) is 6.42 Å². The number of allylic oxidation sites excluding steroid dienone is 1. The first-order chi connectivity index (χ1) is 5.68. The topological polar surface area (TPSA) is 46.5 Å². The number of carbonyl (C=O) groups excluding carboxylic acids is 1. The van der Waals surface area contributed by atoms with Gasteiger partial charge in [0, 0.05) is 0 Å². The molecule has 0 aromatic carbocycles. The molecule has 0 bridgehead atoms. The smallest absolute Gasteiger partial charge is 0.372 e. The molecule has 12 heavy (non-hydrogen) atoms. The van der Waals surface area contributed by atoms with Crippen molar-refractivity contribution in [3.8, 4) is 0 Å². The Labute approximate surface area is 72.3 Å². The van der Waals surface area contributed by atoms with E-state index in [4.69, 9.17) is 5.11 Å². The summed E-state index contributed by atoms with van der Waals surface area (Å²) in [5.41, 5.74) is 0. The van der Waals surface area contributed by atoms with Gasteiger partial charge in [0.15, 0.2) is 5.76 Å². The summed E-state index contributed by atoms with van der Waals surface area (Å²) in [6.07, 6.45) is 5.56. The summed E-state index contributed by atoms with van der Waals surface area (Å²) < 4.78 is 4.61. The Balaban J connectivity index is 3.38. The third-order valence-electron chi connectivity index (χ3n) is 1.16. The highest BCUT2D eigenvalue weighted by Gasteiger charge is 2.03. The molecule has 0 aromatic rings. The highest BCUT2D eigenvalue weighted by molar-refractivity contribution is 5.84. The predicted molar refractivity (Wildman–Crippen MR) is 46.8 cm³/mol. The maximum Gasteiger partial charge on any atom is 0.372 e. The summed E-state index contributed by atoms with van der Waals surface area (Å²) in [5.74, 6) is -1.30. The van der Waals surface area contributed by atoms with E-state index in [1.54, 1.807) is 0 Å². The minimum atomic E-state index is -0.750. The van der Waals surface area contributed by atoms with Crippen LogP contribution < -0.4 is 0 Å². The number of rotatable bonds is 5. The molecule has 0 heterocycles. The Kier molecular flexibility index (Phi) is 5.79. The fourth-order valence-corrected chi connectivity index (χ4v) is 0.587. The second-order valence-electron chi connectivity index (χ2n) is 2.25. The molecule has 3 heteroatoms. The fraction of sp³-hybridized carbons (Fsp3) is 0.444. The average Bonchev–Trinajstić information content (AvgIpc) is 2.03. The number of ether oxygens (including phenoxy) is 1. The first-order valence-corrected chi connectivity index (χ1v) is 3.88. The SMILES string of the molecule is C=C(O)C(=O)OCCC=CCC. The van der Waals surface area contributed by atoms with Gasteiger partial charge in [-0.05, 0) is 19.4 Å². The lowest BCUT2D eigenvalue weighted by atomic mass is 10.3. The van der Waals surface area contributed by atoms with Crippen LogP contribution in [0.3, 0.4) is 0 Å². The monoisotopic (exact) mass is 170 g/mol. The first kappa shape index (κ1) is 10.8. The lowest BCUT2D eigenvalue weighted by Gasteiger charge is -1.99. The third kappa shape index (κ3) is 5.53. The molecule has 0 saturated heterocycles. The highest BCUT2D eigenvalue weighted by Crippen LogP contribution is 1.92. The van der Waals surface area contributed by atoms with Crippen molar-refractivity contribution >= 4 is 5.97 Å². The van der Waals surface area contributed by atoms with Crippen LogP contribution in [0.15, 0.2) is 24.5 Å². The molecular formula is C9H14O3. The van der Waals surface area contributed by atoms with E-state index in [1.807, 2.05) is 19.1 Å². The van der Waals surface area contributed by atoms with Crippen molar-refractivity contribution in [2.75, 3.05) is 6.61 Å². The van der Waals surface area contributed by atoms with Gasteiger partial charge in [-0.25, -0.2) is 4.79 Å². The Hall–Kier alpha value is -1.25. The molecule has 0 rings (SSSR count). The van der Waals surface area contributed by atoms with E-state index < -0.39 is 11.7 Å². The minimum Gasteiger partial charge on any atom is -0.502 e. The summed E-state index contributed by atoms with van der Waals surface area (Å²) in [6, 6.07) is 0. The molecule has 3 nitrogen and oxygen atoms in total. The maximum absolute atomic E-state index is 10.6. The number of hydrogen-bond donors (Lipinski definition) is 1. The van der Waals surface area contributed by atoms with E-state index >= 15 is 0 Å². The van der Waals surface area contributed by atoms with Crippen LogP contribution in [-0.2, 0) is 9.53 Å². The molecule has 0 saturated carbocycles. The zero-order valence-electron chi connectivity index (χ0n) is 7.25. The Bertz CT molecular complexity index is 182. The highest BCUT2D eigenvalue weighted by atomic mass is 16.5. The quantitative estimate of drug-likeness (QED) is 0.225. The number of aliphatic hydroxyl groups excluding tert-OH is 1. The zero-order chi connectivity index (χ0) is 9.40. The van der Waals surface area contributed by atoms with Crippen LogP contribution in [0.5, 0.6) is 0 Å². The van der Waals surface area contributed by atoms with Crippen molar-refractivity contribution in [1.29, 1.82) is 0 Å². The summed E-state index contributed by atoms with van der Waals surface area (Å²) in [7, 11) is 0. The predicted octanol–water partition coefficient (Wildman–Crippen LogP) is 1.96. The number of carbonyl (C=O) groups is 1. The molecule has 0 aromatic heterocycles. The molecule has 0 fully saturated rings. The molecule has 0 radical (unpaired) electrons. The van der Waals surface area contributed by atoms with Crippen molar-refractivity contribution in [3.63, 3.8) is 0 Å². The Morgan fingerprint density at radius 1 is 1.58 bits per heavy atom. The van der Waals surface area contributed by atoms with Crippen LogP contribution in [0.1, 0.15) is 19.8 Å². The summed E-state index contributed by atoms with van der Waals surface area (Å²) in [5, 5.41) is 8.54. The summed E-state index contributed by atoms with van der Waals surface area (Å²) in [6.45, 7) is 5.35. The third-order valence-corrected chi connectivity index (χ3v) is 1.16. The van der Waals surface area contributed by atoms with Gasteiger partial charge in [0.25, 0.3) is 0 Å². The number of hydrogen-bond acceptors (Lipinski definition) is 3. The average molecular weight is 170 g/mol. The standard InChI is InChI=1S/C9H14O3/c1-3-4-5-6-7-12-9(11)8(2)10/h4-5,10H,2-3,6-7H2,1H3. The van der Waals surface area contributed by atoms with E-state index in [0.717, 1.165) is 6.42 Å². The van der Waals surface area contributed by atoms with Crippen LogP contribution in [0, 0.1) is 0 Å². The van der Waals surface area contributed by atoms with Gasteiger partial charge >= 0.3 is 5.97 Å². The van der Waals surface area contributed by atoms with E-state index in [2.05, 4.69) is 11.3 Å². The van der Waals surface area contributed by atoms with Gasteiger partial charge in [-0.15, -0.1) is 0 Å². The molecule has 1 N–H and O–H groups in total. The minimum absolute atomic E-state index is 0.287. The van der Waals surface area contributed by atoms with Gasteiger partial charge in [0.05, 0.1) is 6.61 Å². The Morgan fingerprint density at radius 3 is 2.75 bits per heavy atom. The van der Waals surface area contributed by atoms with Crippen LogP contribution >= 0.6 is 0 Å². The molecule has 0 aliphatic heterocycles. The fourth-order valence-electron chi connectivity index (χ4n) is 0.587. The number of esters is 1. The molecular weight excluding hydrogens is 156 g/mol. The summed E-state index contributed by atoms with van der Waals surface area (Å²) in [4.78, 5) is 10.6. The molecule has 68 valence electrons. The largest absolute Gasteiger partial charge is 0.502 e. The van der Waals surface area contributed by atoms with E-state index in [9.17, 15) is 4.79 Å². The number of aliphatic hydroxyl groups is 1. The molecule has 0 spiro atoms. The normalized spacial score (nSPS) is 10.1. The molecule has 0 aliphatic carbocycles. The maximum atomic E-state index is 10.6. The first-order valence-electron chi connectivity index (χ1n) is 3.88. The van der Waals surface area contributed by atoms with Gasteiger partial charge in [-0.1, -0.05) is 19.1 Å². The molecule has 0 unspecified atom stereocenters. The zero-order valence-corrected chi connectivity index (χ0v) is 7.25. The van der Waals surface area contributed by atoms with E-state index in [1.165, 1.54) is 0 Å². The van der Waals surface area contributed by atoms with Gasteiger partial charge < -0.3 is 9.84 Å². The van der Waals surface area contributed by atoms with Crippen molar-refractivity contribution in [2.45, 2.75) is 19.8 Å². The second-order valence-corrected chi connectivity index (χ2v) is 2.25. The summed E-state index contributed by atoms with van der Waals surface area (Å²) >= 11 is 0. The molecule has 0 atom stereocenters. The van der Waals surface area contributed by atoms with Gasteiger partial charge in [-0.3, -0.25) is 0 Å². The molecule has 0 aliphatic rings. The second kappa shape index (κ2) is 6.46. The van der Waals surface area contributed by atoms with Crippen molar-refractivity contribution in [1.82, 2.24) is 0 Å².